The maximum atomic E-state index is 10.8. The van der Waals surface area contributed by atoms with Gasteiger partial charge in [0.25, 0.3) is 0 Å². The van der Waals surface area contributed by atoms with Crippen molar-refractivity contribution in [2.24, 2.45) is 29.1 Å². The lowest BCUT2D eigenvalue weighted by atomic mass is 9.75. The third-order valence-electron chi connectivity index (χ3n) is 7.32. The van der Waals surface area contributed by atoms with Crippen LogP contribution in [0.3, 0.4) is 0 Å². The van der Waals surface area contributed by atoms with Crippen LogP contribution in [0.1, 0.15) is 39.5 Å². The van der Waals surface area contributed by atoms with E-state index in [1.807, 2.05) is 0 Å². The summed E-state index contributed by atoms with van der Waals surface area (Å²) in [5.74, 6) is 0.600. The van der Waals surface area contributed by atoms with Crippen LogP contribution in [0.5, 0.6) is 0 Å². The molecular weight excluding hydrogens is 348 g/mol. The van der Waals surface area contributed by atoms with Gasteiger partial charge in [0.05, 0.1) is 37.6 Å². The largest absolute Gasteiger partial charge is 0.511 e. The Morgan fingerprint density at radius 1 is 0.778 bits per heavy atom. The fraction of sp³-hybridized carbons (Fsp3) is 0.810. The van der Waals surface area contributed by atoms with Crippen molar-refractivity contribution in [3.8, 4) is 0 Å². The predicted molar refractivity (Wildman–Crippen MR) is 99.1 cm³/mol. The molecule has 0 amide bonds. The Labute approximate surface area is 160 Å². The average Bonchev–Trinajstić information content (AvgIpc) is 3.53. The molecular formula is C21H32O6. The third-order valence-corrected chi connectivity index (χ3v) is 7.32. The maximum Gasteiger partial charge on any atom is 0.129 e. The van der Waals surface area contributed by atoms with E-state index in [-0.39, 0.29) is 35.6 Å². The van der Waals surface area contributed by atoms with Crippen LogP contribution in [0, 0.1) is 29.1 Å². The van der Waals surface area contributed by atoms with E-state index in [0.717, 1.165) is 25.7 Å². The molecule has 4 rings (SSSR count). The van der Waals surface area contributed by atoms with Crippen molar-refractivity contribution in [1.29, 1.82) is 0 Å². The van der Waals surface area contributed by atoms with Gasteiger partial charge in [-0.3, -0.25) is 0 Å². The molecule has 0 spiro atoms. The molecule has 4 aliphatic rings. The van der Waals surface area contributed by atoms with E-state index in [4.69, 9.17) is 9.47 Å². The standard InChI is InChI=1S/C21H32O6/c1-11-3-15-17(26-15)5-13(11)7-19(24)21(9-22,10-23)20(25)8-14-6-18-16(27-18)4-12(14)2/h7-8,11-18,22-25H,3-6,9-10H2,1-2H3. The van der Waals surface area contributed by atoms with Crippen molar-refractivity contribution in [3.63, 3.8) is 0 Å². The third kappa shape index (κ3) is 3.53. The first kappa shape index (κ1) is 19.2. The Hall–Kier alpha value is -1.08. The molecule has 2 aliphatic heterocycles. The Morgan fingerprint density at radius 2 is 1.15 bits per heavy atom. The van der Waals surface area contributed by atoms with E-state index in [1.54, 1.807) is 12.2 Å². The van der Waals surface area contributed by atoms with Gasteiger partial charge in [-0.05, 0) is 61.5 Å². The molecule has 0 aromatic carbocycles. The van der Waals surface area contributed by atoms with Gasteiger partial charge in [0.15, 0.2) is 0 Å². The summed E-state index contributed by atoms with van der Waals surface area (Å²) in [6, 6.07) is 0. The van der Waals surface area contributed by atoms with Gasteiger partial charge in [0.1, 0.15) is 16.9 Å². The molecule has 8 atom stereocenters. The maximum absolute atomic E-state index is 10.8. The van der Waals surface area contributed by atoms with E-state index < -0.39 is 18.6 Å². The zero-order valence-electron chi connectivity index (χ0n) is 16.1. The van der Waals surface area contributed by atoms with E-state index in [0.29, 0.717) is 24.0 Å². The minimum atomic E-state index is -1.55. The summed E-state index contributed by atoms with van der Waals surface area (Å²) in [5, 5.41) is 41.7. The van der Waals surface area contributed by atoms with Gasteiger partial charge < -0.3 is 29.9 Å². The molecule has 152 valence electrons. The first-order valence-electron chi connectivity index (χ1n) is 10.2. The number of aliphatic hydroxyl groups is 4. The Kier molecular flexibility index (Phi) is 5.04. The second-order valence-corrected chi connectivity index (χ2v) is 9.15. The second kappa shape index (κ2) is 7.07. The van der Waals surface area contributed by atoms with Gasteiger partial charge >= 0.3 is 0 Å². The highest BCUT2D eigenvalue weighted by atomic mass is 16.6. The van der Waals surface area contributed by atoms with E-state index in [9.17, 15) is 20.4 Å². The molecule has 4 fully saturated rings. The minimum absolute atomic E-state index is 0.105. The predicted octanol–water partition coefficient (Wildman–Crippen LogP) is 2.47. The SMILES string of the molecule is CC1CC2OC2CC1C=C(O)C(CO)(CO)C(O)=CC1CC2OC2CC1C. The highest BCUT2D eigenvalue weighted by molar-refractivity contribution is 5.24. The lowest BCUT2D eigenvalue weighted by Crippen LogP contribution is -2.36. The number of epoxide rings is 2. The summed E-state index contributed by atoms with van der Waals surface area (Å²) >= 11 is 0. The number of ether oxygens (including phenoxy) is 2. The smallest absolute Gasteiger partial charge is 0.129 e. The molecule has 2 saturated heterocycles. The van der Waals surface area contributed by atoms with Crippen molar-refractivity contribution in [2.45, 2.75) is 63.9 Å². The molecule has 6 heteroatoms. The Balaban J connectivity index is 1.55. The summed E-state index contributed by atoms with van der Waals surface area (Å²) in [5.41, 5.74) is -1.55. The molecule has 0 radical (unpaired) electrons. The van der Waals surface area contributed by atoms with Crippen molar-refractivity contribution < 1.29 is 29.9 Å². The molecule has 0 aromatic rings. The fourth-order valence-corrected chi connectivity index (χ4v) is 4.97. The fourth-order valence-electron chi connectivity index (χ4n) is 4.97. The lowest BCUT2D eigenvalue weighted by molar-refractivity contribution is 0.0424. The van der Waals surface area contributed by atoms with E-state index in [2.05, 4.69) is 13.8 Å². The normalized spacial score (nSPS) is 44.4. The Bertz CT molecular complexity index is 574. The van der Waals surface area contributed by atoms with Crippen molar-refractivity contribution in [1.82, 2.24) is 0 Å². The summed E-state index contributed by atoms with van der Waals surface area (Å²) in [6.07, 6.45) is 8.19. The highest BCUT2D eigenvalue weighted by Gasteiger charge is 2.49. The minimum Gasteiger partial charge on any atom is -0.511 e. The number of rotatable bonds is 6. The van der Waals surface area contributed by atoms with Gasteiger partial charge in [0, 0.05) is 0 Å². The molecule has 2 aliphatic carbocycles. The van der Waals surface area contributed by atoms with Crippen LogP contribution in [0.15, 0.2) is 23.7 Å². The number of hydrogen-bond acceptors (Lipinski definition) is 6. The number of hydrogen-bond donors (Lipinski definition) is 4. The van der Waals surface area contributed by atoms with Crippen LogP contribution < -0.4 is 0 Å². The van der Waals surface area contributed by atoms with Crippen molar-refractivity contribution in [3.05, 3.63) is 23.7 Å². The van der Waals surface area contributed by atoms with Gasteiger partial charge in [-0.2, -0.15) is 0 Å². The molecule has 8 unspecified atom stereocenters. The van der Waals surface area contributed by atoms with Gasteiger partial charge in [0.2, 0.25) is 0 Å². The van der Waals surface area contributed by atoms with Crippen molar-refractivity contribution >= 4 is 0 Å². The highest BCUT2D eigenvalue weighted by Crippen LogP contribution is 2.46. The average molecular weight is 380 g/mol. The van der Waals surface area contributed by atoms with Gasteiger partial charge in [-0.1, -0.05) is 13.8 Å². The van der Waals surface area contributed by atoms with Crippen LogP contribution in [-0.4, -0.2) is 58.1 Å². The number of fused-ring (bicyclic) bond motifs is 2. The van der Waals surface area contributed by atoms with Crippen molar-refractivity contribution in [2.75, 3.05) is 13.2 Å². The number of allylic oxidation sites excluding steroid dienone is 2. The van der Waals surface area contributed by atoms with Gasteiger partial charge in [-0.15, -0.1) is 0 Å². The topological polar surface area (TPSA) is 106 Å². The number of aliphatic hydroxyl groups excluding tert-OH is 4. The van der Waals surface area contributed by atoms with Crippen LogP contribution in [-0.2, 0) is 9.47 Å². The molecule has 4 N–H and O–H groups in total. The first-order valence-corrected chi connectivity index (χ1v) is 10.2. The second-order valence-electron chi connectivity index (χ2n) is 9.15. The molecule has 2 heterocycles. The van der Waals surface area contributed by atoms with Crippen LogP contribution in [0.2, 0.25) is 0 Å². The quantitative estimate of drug-likeness (QED) is 0.417. The van der Waals surface area contributed by atoms with Crippen LogP contribution in [0.25, 0.3) is 0 Å². The van der Waals surface area contributed by atoms with Crippen LogP contribution in [0.4, 0.5) is 0 Å². The lowest BCUT2D eigenvalue weighted by Gasteiger charge is -2.32. The molecule has 6 nitrogen and oxygen atoms in total. The molecule has 27 heavy (non-hydrogen) atoms. The van der Waals surface area contributed by atoms with Crippen LogP contribution >= 0.6 is 0 Å². The zero-order valence-corrected chi connectivity index (χ0v) is 16.1. The molecule has 2 saturated carbocycles. The zero-order chi connectivity index (χ0) is 19.3. The first-order chi connectivity index (χ1) is 12.9. The summed E-state index contributed by atoms with van der Waals surface area (Å²) < 4.78 is 11.2. The molecule has 0 aromatic heterocycles. The monoisotopic (exact) mass is 380 g/mol. The summed E-state index contributed by atoms with van der Waals surface area (Å²) in [4.78, 5) is 0. The van der Waals surface area contributed by atoms with E-state index in [1.165, 1.54) is 0 Å². The summed E-state index contributed by atoms with van der Waals surface area (Å²) in [7, 11) is 0. The Morgan fingerprint density at radius 3 is 1.52 bits per heavy atom. The van der Waals surface area contributed by atoms with Gasteiger partial charge in [-0.25, -0.2) is 0 Å². The van der Waals surface area contributed by atoms with E-state index >= 15 is 0 Å². The summed E-state index contributed by atoms with van der Waals surface area (Å²) in [6.45, 7) is 3.14. The molecule has 0 bridgehead atoms.